The zero-order valence-corrected chi connectivity index (χ0v) is 15.1. The Bertz CT molecular complexity index is 774. The summed E-state index contributed by atoms with van der Waals surface area (Å²) in [6.07, 6.45) is 3.20. The van der Waals surface area contributed by atoms with Crippen molar-refractivity contribution in [2.24, 2.45) is 0 Å². The summed E-state index contributed by atoms with van der Waals surface area (Å²) in [6, 6.07) is 10.3. The van der Waals surface area contributed by atoms with Crippen molar-refractivity contribution in [2.75, 3.05) is 5.73 Å². The Balaban J connectivity index is 2.36. The summed E-state index contributed by atoms with van der Waals surface area (Å²) < 4.78 is 5.78. The second kappa shape index (κ2) is 7.88. The summed E-state index contributed by atoms with van der Waals surface area (Å²) in [7, 11) is 0. The van der Waals surface area contributed by atoms with Gasteiger partial charge in [-0.1, -0.05) is 13.8 Å². The molecular formula is C21H25NO3. The van der Waals surface area contributed by atoms with Crippen LogP contribution in [0.15, 0.2) is 42.5 Å². The van der Waals surface area contributed by atoms with Gasteiger partial charge in [0.2, 0.25) is 0 Å². The number of hydrogen-bond donors (Lipinski definition) is 2. The SMILES string of the molecule is CC(C)Oc1cc(O)c(C(C)C)cc1/C=C/C(=O)c1ccc(N)cc1. The smallest absolute Gasteiger partial charge is 0.185 e. The van der Waals surface area contributed by atoms with Crippen LogP contribution in [0.3, 0.4) is 0 Å². The molecule has 0 amide bonds. The van der Waals surface area contributed by atoms with Crippen molar-refractivity contribution in [1.82, 2.24) is 0 Å². The molecule has 3 N–H and O–H groups in total. The van der Waals surface area contributed by atoms with Crippen molar-refractivity contribution in [3.05, 3.63) is 59.2 Å². The van der Waals surface area contributed by atoms with Gasteiger partial charge in [0, 0.05) is 22.9 Å². The monoisotopic (exact) mass is 339 g/mol. The maximum absolute atomic E-state index is 12.3. The van der Waals surface area contributed by atoms with Crippen LogP contribution < -0.4 is 10.5 Å². The van der Waals surface area contributed by atoms with E-state index in [0.717, 1.165) is 11.1 Å². The number of anilines is 1. The van der Waals surface area contributed by atoms with E-state index < -0.39 is 0 Å². The van der Waals surface area contributed by atoms with Crippen LogP contribution in [0, 0.1) is 0 Å². The predicted molar refractivity (Wildman–Crippen MR) is 102 cm³/mol. The Labute approximate surface area is 148 Å². The third-order valence-corrected chi connectivity index (χ3v) is 3.75. The maximum Gasteiger partial charge on any atom is 0.185 e. The van der Waals surface area contributed by atoms with Crippen molar-refractivity contribution in [2.45, 2.75) is 39.7 Å². The van der Waals surface area contributed by atoms with Crippen molar-refractivity contribution in [3.63, 3.8) is 0 Å². The fourth-order valence-corrected chi connectivity index (χ4v) is 2.46. The highest BCUT2D eigenvalue weighted by molar-refractivity contribution is 6.07. The van der Waals surface area contributed by atoms with E-state index in [1.807, 2.05) is 33.8 Å². The molecule has 0 heterocycles. The number of phenols is 1. The van der Waals surface area contributed by atoms with Gasteiger partial charge < -0.3 is 15.6 Å². The molecule has 2 rings (SSSR count). The molecule has 0 aliphatic rings. The number of allylic oxidation sites excluding steroid dienone is 1. The molecule has 0 unspecified atom stereocenters. The molecule has 132 valence electrons. The molecule has 2 aromatic rings. The minimum absolute atomic E-state index is 0.0377. The average Bonchev–Trinajstić information content (AvgIpc) is 2.53. The third-order valence-electron chi connectivity index (χ3n) is 3.75. The number of phenolic OH excluding ortho intramolecular Hbond substituents is 1. The van der Waals surface area contributed by atoms with Crippen LogP contribution in [0.2, 0.25) is 0 Å². The average molecular weight is 339 g/mol. The molecule has 0 fully saturated rings. The van der Waals surface area contributed by atoms with Gasteiger partial charge in [-0.2, -0.15) is 0 Å². The number of benzene rings is 2. The number of ketones is 1. The minimum Gasteiger partial charge on any atom is -0.508 e. The number of hydrogen-bond acceptors (Lipinski definition) is 4. The lowest BCUT2D eigenvalue weighted by molar-refractivity contribution is 0.104. The molecule has 0 saturated heterocycles. The molecule has 0 aliphatic carbocycles. The normalized spacial score (nSPS) is 11.4. The quantitative estimate of drug-likeness (QED) is 0.451. The number of ether oxygens (including phenoxy) is 1. The summed E-state index contributed by atoms with van der Waals surface area (Å²) in [5.41, 5.74) is 8.41. The van der Waals surface area contributed by atoms with Gasteiger partial charge in [0.25, 0.3) is 0 Å². The molecule has 0 radical (unpaired) electrons. The summed E-state index contributed by atoms with van der Waals surface area (Å²) in [4.78, 5) is 12.3. The lowest BCUT2D eigenvalue weighted by Crippen LogP contribution is -2.07. The van der Waals surface area contributed by atoms with E-state index in [0.29, 0.717) is 17.0 Å². The highest BCUT2D eigenvalue weighted by Gasteiger charge is 2.13. The summed E-state index contributed by atoms with van der Waals surface area (Å²) in [5.74, 6) is 0.800. The van der Waals surface area contributed by atoms with E-state index in [1.165, 1.54) is 6.08 Å². The summed E-state index contributed by atoms with van der Waals surface area (Å²) in [5, 5.41) is 10.2. The number of carbonyl (C=O) groups excluding carboxylic acids is 1. The van der Waals surface area contributed by atoms with Crippen molar-refractivity contribution < 1.29 is 14.6 Å². The zero-order chi connectivity index (χ0) is 18.6. The first kappa shape index (κ1) is 18.6. The molecule has 0 bridgehead atoms. The standard InChI is InChI=1S/C21H25NO3/c1-13(2)18-11-16(21(12-20(18)24)25-14(3)4)7-10-19(23)15-5-8-17(22)9-6-15/h5-14,24H,22H2,1-4H3/b10-7+. The number of carbonyl (C=O) groups is 1. The Kier molecular flexibility index (Phi) is 5.86. The van der Waals surface area contributed by atoms with Crippen LogP contribution in [-0.2, 0) is 0 Å². The zero-order valence-electron chi connectivity index (χ0n) is 15.1. The first-order chi connectivity index (χ1) is 11.8. The topological polar surface area (TPSA) is 72.5 Å². The first-order valence-corrected chi connectivity index (χ1v) is 8.39. The Morgan fingerprint density at radius 1 is 1.12 bits per heavy atom. The highest BCUT2D eigenvalue weighted by Crippen LogP contribution is 2.34. The van der Waals surface area contributed by atoms with Crippen molar-refractivity contribution in [3.8, 4) is 11.5 Å². The number of rotatable bonds is 6. The first-order valence-electron chi connectivity index (χ1n) is 8.39. The van der Waals surface area contributed by atoms with Crippen LogP contribution in [0.1, 0.15) is 55.1 Å². The summed E-state index contributed by atoms with van der Waals surface area (Å²) in [6.45, 7) is 7.84. The number of nitrogens with two attached hydrogens (primary N) is 1. The molecule has 0 aliphatic heterocycles. The Morgan fingerprint density at radius 2 is 1.76 bits per heavy atom. The van der Waals surface area contributed by atoms with E-state index in [4.69, 9.17) is 10.5 Å². The van der Waals surface area contributed by atoms with E-state index in [1.54, 1.807) is 36.4 Å². The molecule has 4 heteroatoms. The molecule has 4 nitrogen and oxygen atoms in total. The second-order valence-corrected chi connectivity index (χ2v) is 6.59. The van der Waals surface area contributed by atoms with E-state index >= 15 is 0 Å². The lowest BCUT2D eigenvalue weighted by Gasteiger charge is -2.16. The van der Waals surface area contributed by atoms with Gasteiger partial charge in [-0.15, -0.1) is 0 Å². The van der Waals surface area contributed by atoms with Crippen molar-refractivity contribution >= 4 is 17.5 Å². The maximum atomic E-state index is 12.3. The molecule has 25 heavy (non-hydrogen) atoms. The Hall–Kier alpha value is -2.75. The molecule has 0 aromatic heterocycles. The molecule has 0 spiro atoms. The largest absolute Gasteiger partial charge is 0.508 e. The molecule has 0 atom stereocenters. The van der Waals surface area contributed by atoms with E-state index in [-0.39, 0.29) is 23.6 Å². The van der Waals surface area contributed by atoms with Crippen LogP contribution in [0.25, 0.3) is 6.08 Å². The van der Waals surface area contributed by atoms with Gasteiger partial charge in [0.1, 0.15) is 11.5 Å². The molecule has 0 saturated carbocycles. The van der Waals surface area contributed by atoms with E-state index in [2.05, 4.69) is 0 Å². The van der Waals surface area contributed by atoms with Gasteiger partial charge in [-0.3, -0.25) is 4.79 Å². The minimum atomic E-state index is -0.116. The van der Waals surface area contributed by atoms with E-state index in [9.17, 15) is 9.90 Å². The molecular weight excluding hydrogens is 314 g/mol. The fourth-order valence-electron chi connectivity index (χ4n) is 2.46. The van der Waals surface area contributed by atoms with Crippen LogP contribution in [-0.4, -0.2) is 17.0 Å². The fraction of sp³-hybridized carbons (Fsp3) is 0.286. The van der Waals surface area contributed by atoms with Gasteiger partial charge in [-0.05, 0) is 67.8 Å². The van der Waals surface area contributed by atoms with Gasteiger partial charge in [0.15, 0.2) is 5.78 Å². The third kappa shape index (κ3) is 4.86. The number of nitrogen functional groups attached to an aromatic ring is 1. The highest BCUT2D eigenvalue weighted by atomic mass is 16.5. The Morgan fingerprint density at radius 3 is 2.32 bits per heavy atom. The van der Waals surface area contributed by atoms with Crippen LogP contribution >= 0.6 is 0 Å². The van der Waals surface area contributed by atoms with Crippen LogP contribution in [0.5, 0.6) is 11.5 Å². The number of aromatic hydroxyl groups is 1. The lowest BCUT2D eigenvalue weighted by atomic mass is 9.98. The van der Waals surface area contributed by atoms with Gasteiger partial charge >= 0.3 is 0 Å². The summed E-state index contributed by atoms with van der Waals surface area (Å²) >= 11 is 0. The molecule has 2 aromatic carbocycles. The van der Waals surface area contributed by atoms with Gasteiger partial charge in [-0.25, -0.2) is 0 Å². The van der Waals surface area contributed by atoms with Gasteiger partial charge in [0.05, 0.1) is 6.10 Å². The van der Waals surface area contributed by atoms with Crippen LogP contribution in [0.4, 0.5) is 5.69 Å². The van der Waals surface area contributed by atoms with Crippen molar-refractivity contribution in [1.29, 1.82) is 0 Å². The predicted octanol–water partition coefficient (Wildman–Crippen LogP) is 4.78. The second-order valence-electron chi connectivity index (χ2n) is 6.59.